The first-order chi connectivity index (χ1) is 9.00. The first kappa shape index (κ1) is 14.2. The highest BCUT2D eigenvalue weighted by molar-refractivity contribution is 6.42. The monoisotopic (exact) mass is 300 g/mol. The third-order valence-electron chi connectivity index (χ3n) is 3.28. The molecule has 0 aliphatic carbocycles. The Kier molecular flexibility index (Phi) is 4.32. The Bertz CT molecular complexity index is 519. The molecule has 0 aromatic heterocycles. The lowest BCUT2D eigenvalue weighted by Gasteiger charge is -2.19. The van der Waals surface area contributed by atoms with Crippen LogP contribution in [0.1, 0.15) is 18.4 Å². The van der Waals surface area contributed by atoms with Crippen LogP contribution in [0.15, 0.2) is 18.2 Å². The van der Waals surface area contributed by atoms with Gasteiger partial charge in [0.05, 0.1) is 10.0 Å². The minimum atomic E-state index is -0.384. The summed E-state index contributed by atoms with van der Waals surface area (Å²) >= 11 is 11.9. The van der Waals surface area contributed by atoms with Gasteiger partial charge in [-0.25, -0.2) is 0 Å². The Morgan fingerprint density at radius 3 is 2.84 bits per heavy atom. The summed E-state index contributed by atoms with van der Waals surface area (Å²) in [6.45, 7) is 0.302. The molecule has 1 aromatic carbocycles. The van der Waals surface area contributed by atoms with Crippen molar-refractivity contribution >= 4 is 35.0 Å². The Balaban J connectivity index is 1.97. The number of halogens is 2. The van der Waals surface area contributed by atoms with Crippen LogP contribution in [0, 0.1) is 0 Å². The van der Waals surface area contributed by atoms with Crippen molar-refractivity contribution in [2.24, 2.45) is 0 Å². The minimum absolute atomic E-state index is 0.000868. The molecule has 1 aromatic rings. The number of likely N-dealkylation sites (tertiary alicyclic amines) is 1. The van der Waals surface area contributed by atoms with Crippen molar-refractivity contribution < 1.29 is 9.59 Å². The first-order valence-corrected chi connectivity index (χ1v) is 6.72. The van der Waals surface area contributed by atoms with E-state index >= 15 is 0 Å². The zero-order valence-corrected chi connectivity index (χ0v) is 12.0. The van der Waals surface area contributed by atoms with E-state index in [0.717, 1.165) is 5.56 Å². The fourth-order valence-electron chi connectivity index (χ4n) is 2.10. The number of hydrogen-bond acceptors (Lipinski definition) is 2. The van der Waals surface area contributed by atoms with Crippen LogP contribution in [0.4, 0.5) is 0 Å². The predicted molar refractivity (Wildman–Crippen MR) is 74.1 cm³/mol. The topological polar surface area (TPSA) is 49.4 Å². The van der Waals surface area contributed by atoms with Crippen molar-refractivity contribution in [1.29, 1.82) is 0 Å². The average molecular weight is 301 g/mol. The molecular weight excluding hydrogens is 287 g/mol. The second-order valence-electron chi connectivity index (χ2n) is 4.49. The van der Waals surface area contributed by atoms with Crippen LogP contribution in [0.3, 0.4) is 0 Å². The largest absolute Gasteiger partial charge is 0.350 e. The lowest BCUT2D eigenvalue weighted by Crippen LogP contribution is -2.42. The van der Waals surface area contributed by atoms with Gasteiger partial charge >= 0.3 is 0 Å². The van der Waals surface area contributed by atoms with Gasteiger partial charge in [-0.15, -0.1) is 0 Å². The normalized spacial score (nSPS) is 18.8. The number of nitrogens with zero attached hydrogens (tertiary/aromatic N) is 1. The highest BCUT2D eigenvalue weighted by Gasteiger charge is 2.32. The Morgan fingerprint density at radius 1 is 1.47 bits per heavy atom. The molecule has 1 heterocycles. The third-order valence-corrected chi connectivity index (χ3v) is 4.14. The van der Waals surface area contributed by atoms with Gasteiger partial charge < -0.3 is 10.2 Å². The molecule has 102 valence electrons. The molecule has 1 aliphatic heterocycles. The molecule has 0 bridgehead atoms. The van der Waals surface area contributed by atoms with Crippen LogP contribution in [0.25, 0.3) is 0 Å². The van der Waals surface area contributed by atoms with Crippen LogP contribution in [0.2, 0.25) is 10.0 Å². The standard InChI is InChI=1S/C13H14Cl2N2O2/c1-17-10(5-6-11(17)18)13(19)16-7-8-3-2-4-9(14)12(8)15/h2-4,10H,5-7H2,1H3,(H,16,19)/t10-/m1/s1. The summed E-state index contributed by atoms with van der Waals surface area (Å²) in [6.07, 6.45) is 0.983. The van der Waals surface area contributed by atoms with E-state index in [1.807, 2.05) is 0 Å². The van der Waals surface area contributed by atoms with Crippen molar-refractivity contribution in [2.45, 2.75) is 25.4 Å². The predicted octanol–water partition coefficient (Wildman–Crippen LogP) is 2.23. The van der Waals surface area contributed by atoms with Crippen LogP contribution < -0.4 is 5.32 Å². The van der Waals surface area contributed by atoms with E-state index in [9.17, 15) is 9.59 Å². The van der Waals surface area contributed by atoms with E-state index in [1.165, 1.54) is 4.90 Å². The van der Waals surface area contributed by atoms with Gasteiger partial charge in [-0.1, -0.05) is 35.3 Å². The maximum absolute atomic E-state index is 12.0. The van der Waals surface area contributed by atoms with Crippen molar-refractivity contribution in [3.63, 3.8) is 0 Å². The summed E-state index contributed by atoms with van der Waals surface area (Å²) in [7, 11) is 1.64. The Morgan fingerprint density at radius 2 is 2.21 bits per heavy atom. The fraction of sp³-hybridized carbons (Fsp3) is 0.385. The van der Waals surface area contributed by atoms with Crippen LogP contribution in [-0.4, -0.2) is 29.8 Å². The molecule has 4 nitrogen and oxygen atoms in total. The quantitative estimate of drug-likeness (QED) is 0.930. The van der Waals surface area contributed by atoms with E-state index in [0.29, 0.717) is 29.4 Å². The van der Waals surface area contributed by atoms with Gasteiger partial charge in [-0.3, -0.25) is 9.59 Å². The molecule has 0 spiro atoms. The molecule has 1 atom stereocenters. The minimum Gasteiger partial charge on any atom is -0.350 e. The maximum atomic E-state index is 12.0. The number of amides is 2. The number of nitrogens with one attached hydrogen (secondary N) is 1. The Labute approximate surface area is 121 Å². The smallest absolute Gasteiger partial charge is 0.243 e. The molecule has 1 N–H and O–H groups in total. The molecule has 1 fully saturated rings. The van der Waals surface area contributed by atoms with Crippen LogP contribution in [-0.2, 0) is 16.1 Å². The second kappa shape index (κ2) is 5.80. The Hall–Kier alpha value is -1.26. The molecule has 0 saturated carbocycles. The van der Waals surface area contributed by atoms with E-state index in [4.69, 9.17) is 23.2 Å². The van der Waals surface area contributed by atoms with Gasteiger partial charge in [-0.05, 0) is 18.1 Å². The van der Waals surface area contributed by atoms with Gasteiger partial charge in [0.15, 0.2) is 0 Å². The number of carbonyl (C=O) groups is 2. The number of benzene rings is 1. The van der Waals surface area contributed by atoms with Crippen molar-refractivity contribution in [2.75, 3.05) is 7.05 Å². The van der Waals surface area contributed by atoms with Gasteiger partial charge in [-0.2, -0.15) is 0 Å². The molecular formula is C13H14Cl2N2O2. The van der Waals surface area contributed by atoms with Crippen LogP contribution in [0.5, 0.6) is 0 Å². The lowest BCUT2D eigenvalue weighted by molar-refractivity contribution is -0.133. The van der Waals surface area contributed by atoms with E-state index in [1.54, 1.807) is 25.2 Å². The highest BCUT2D eigenvalue weighted by Crippen LogP contribution is 2.25. The molecule has 1 aliphatic rings. The number of likely N-dealkylation sites (N-methyl/N-ethyl adjacent to an activating group) is 1. The molecule has 19 heavy (non-hydrogen) atoms. The lowest BCUT2D eigenvalue weighted by atomic mass is 10.2. The number of carbonyl (C=O) groups excluding carboxylic acids is 2. The van der Waals surface area contributed by atoms with Crippen molar-refractivity contribution in [3.05, 3.63) is 33.8 Å². The van der Waals surface area contributed by atoms with E-state index < -0.39 is 0 Å². The van der Waals surface area contributed by atoms with Gasteiger partial charge in [0.1, 0.15) is 6.04 Å². The SMILES string of the molecule is CN1C(=O)CC[C@@H]1C(=O)NCc1cccc(Cl)c1Cl. The first-order valence-electron chi connectivity index (χ1n) is 5.97. The zero-order chi connectivity index (χ0) is 14.0. The van der Waals surface area contributed by atoms with Crippen molar-refractivity contribution in [1.82, 2.24) is 10.2 Å². The molecule has 1 saturated heterocycles. The molecule has 6 heteroatoms. The number of rotatable bonds is 3. The second-order valence-corrected chi connectivity index (χ2v) is 5.28. The summed E-state index contributed by atoms with van der Waals surface area (Å²) in [5.41, 5.74) is 0.759. The summed E-state index contributed by atoms with van der Waals surface area (Å²) in [5.74, 6) is -0.162. The van der Waals surface area contributed by atoms with Gasteiger partial charge in [0.25, 0.3) is 0 Å². The summed E-state index contributed by atoms with van der Waals surface area (Å²) in [4.78, 5) is 24.8. The third kappa shape index (κ3) is 3.01. The van der Waals surface area contributed by atoms with E-state index in [2.05, 4.69) is 5.32 Å². The van der Waals surface area contributed by atoms with Crippen molar-refractivity contribution in [3.8, 4) is 0 Å². The summed E-state index contributed by atoms with van der Waals surface area (Å²) < 4.78 is 0. The van der Waals surface area contributed by atoms with E-state index in [-0.39, 0.29) is 17.9 Å². The summed E-state index contributed by atoms with van der Waals surface area (Å²) in [5, 5.41) is 3.69. The maximum Gasteiger partial charge on any atom is 0.243 e. The zero-order valence-electron chi connectivity index (χ0n) is 10.5. The number of hydrogen-bond donors (Lipinski definition) is 1. The fourth-order valence-corrected chi connectivity index (χ4v) is 2.48. The summed E-state index contributed by atoms with van der Waals surface area (Å²) in [6, 6.07) is 4.89. The van der Waals surface area contributed by atoms with Crippen LogP contribution >= 0.6 is 23.2 Å². The molecule has 0 unspecified atom stereocenters. The average Bonchev–Trinajstić information content (AvgIpc) is 2.72. The molecule has 2 amide bonds. The molecule has 2 rings (SSSR count). The molecule has 0 radical (unpaired) electrons. The van der Waals surface area contributed by atoms with Gasteiger partial charge in [0, 0.05) is 20.0 Å². The highest BCUT2D eigenvalue weighted by atomic mass is 35.5. The van der Waals surface area contributed by atoms with Gasteiger partial charge in [0.2, 0.25) is 11.8 Å².